The second-order valence-corrected chi connectivity index (χ2v) is 10.6. The summed E-state index contributed by atoms with van der Waals surface area (Å²) in [5.74, 6) is 0. The topological polar surface area (TPSA) is 3.24 Å². The van der Waals surface area contributed by atoms with E-state index in [2.05, 4.69) is 153 Å². The Morgan fingerprint density at radius 3 is 2.56 bits per heavy atom. The maximum absolute atomic E-state index is 4.12. The Morgan fingerprint density at radius 1 is 0.974 bits per heavy atom. The molecule has 1 atom stereocenters. The lowest BCUT2D eigenvalue weighted by Gasteiger charge is -2.41. The van der Waals surface area contributed by atoms with Gasteiger partial charge in [0.25, 0.3) is 0 Å². The predicted octanol–water partition coefficient (Wildman–Crippen LogP) is 10.3. The fourth-order valence-electron chi connectivity index (χ4n) is 5.72. The van der Waals surface area contributed by atoms with Crippen LogP contribution in [0.3, 0.4) is 0 Å². The molecule has 0 saturated carbocycles. The molecule has 0 heterocycles. The highest BCUT2D eigenvalue weighted by Crippen LogP contribution is 2.46. The fraction of sp³-hybridized carbons (Fsp3) is 0.211. The van der Waals surface area contributed by atoms with Crippen molar-refractivity contribution in [1.82, 2.24) is 0 Å². The first-order chi connectivity index (χ1) is 19.1. The molecule has 0 fully saturated rings. The lowest BCUT2D eigenvalue weighted by molar-refractivity contribution is 0.520. The average Bonchev–Trinajstić information content (AvgIpc) is 3.21. The van der Waals surface area contributed by atoms with Crippen molar-refractivity contribution in [3.8, 4) is 0 Å². The molecule has 0 aromatic heterocycles. The number of benzene rings is 2. The number of para-hydroxylation sites is 1. The second-order valence-electron chi connectivity index (χ2n) is 10.6. The zero-order valence-electron chi connectivity index (χ0n) is 23.3. The van der Waals surface area contributed by atoms with Gasteiger partial charge in [0.2, 0.25) is 0 Å². The normalized spacial score (nSPS) is 20.4. The SMILES string of the molecule is C=C(/C=C\C(=C/C)CC1=CC=C(N(C2=Cc3ccccc3C3(C=CC=CC3)C2)c2ccccc2)C=CC1)CC. The van der Waals surface area contributed by atoms with Crippen molar-refractivity contribution in [2.45, 2.75) is 51.4 Å². The highest BCUT2D eigenvalue weighted by atomic mass is 15.2. The summed E-state index contributed by atoms with van der Waals surface area (Å²) in [5, 5.41) is 0. The summed E-state index contributed by atoms with van der Waals surface area (Å²) in [4.78, 5) is 2.46. The van der Waals surface area contributed by atoms with E-state index < -0.39 is 0 Å². The van der Waals surface area contributed by atoms with Gasteiger partial charge in [-0.05, 0) is 79.7 Å². The van der Waals surface area contributed by atoms with Gasteiger partial charge >= 0.3 is 0 Å². The van der Waals surface area contributed by atoms with Crippen LogP contribution in [0, 0.1) is 0 Å². The van der Waals surface area contributed by atoms with Crippen LogP contribution in [0.1, 0.15) is 57.1 Å². The molecule has 196 valence electrons. The van der Waals surface area contributed by atoms with Crippen LogP contribution in [0.15, 0.2) is 156 Å². The third kappa shape index (κ3) is 5.99. The maximum atomic E-state index is 4.12. The number of hydrogen-bond donors (Lipinski definition) is 0. The second kappa shape index (κ2) is 12.2. The van der Waals surface area contributed by atoms with E-state index in [0.717, 1.165) is 37.7 Å². The van der Waals surface area contributed by atoms with Gasteiger partial charge in [-0.25, -0.2) is 0 Å². The minimum absolute atomic E-state index is 0.0197. The molecule has 0 amide bonds. The Labute approximate surface area is 235 Å². The first-order valence-electron chi connectivity index (χ1n) is 14.2. The molecule has 0 aliphatic heterocycles. The molecule has 0 bridgehead atoms. The number of anilines is 1. The van der Waals surface area contributed by atoms with Crippen LogP contribution in [0.2, 0.25) is 0 Å². The van der Waals surface area contributed by atoms with E-state index in [1.807, 2.05) is 0 Å². The van der Waals surface area contributed by atoms with Gasteiger partial charge in [0.05, 0.1) is 0 Å². The van der Waals surface area contributed by atoms with Crippen molar-refractivity contribution in [2.24, 2.45) is 0 Å². The molecule has 39 heavy (non-hydrogen) atoms. The molecule has 1 unspecified atom stereocenters. The molecule has 1 heteroatoms. The van der Waals surface area contributed by atoms with E-state index in [1.54, 1.807) is 0 Å². The summed E-state index contributed by atoms with van der Waals surface area (Å²) in [6, 6.07) is 19.7. The molecule has 3 aliphatic rings. The van der Waals surface area contributed by atoms with Crippen molar-refractivity contribution in [1.29, 1.82) is 0 Å². The molecule has 0 saturated heterocycles. The van der Waals surface area contributed by atoms with Gasteiger partial charge in [0, 0.05) is 28.9 Å². The van der Waals surface area contributed by atoms with Crippen LogP contribution in [-0.4, -0.2) is 0 Å². The zero-order chi connectivity index (χ0) is 27.1. The fourth-order valence-corrected chi connectivity index (χ4v) is 5.72. The summed E-state index contributed by atoms with van der Waals surface area (Å²) >= 11 is 0. The van der Waals surface area contributed by atoms with E-state index in [1.165, 1.54) is 39.4 Å². The monoisotopic (exact) mass is 509 g/mol. The summed E-state index contributed by atoms with van der Waals surface area (Å²) in [5.41, 5.74) is 10.3. The Morgan fingerprint density at radius 2 is 1.79 bits per heavy atom. The lowest BCUT2D eigenvalue weighted by Crippen LogP contribution is -2.33. The zero-order valence-corrected chi connectivity index (χ0v) is 23.3. The van der Waals surface area contributed by atoms with E-state index in [9.17, 15) is 0 Å². The number of fused-ring (bicyclic) bond motifs is 2. The molecule has 2 aromatic carbocycles. The van der Waals surface area contributed by atoms with Crippen LogP contribution in [0.5, 0.6) is 0 Å². The van der Waals surface area contributed by atoms with Crippen LogP contribution >= 0.6 is 0 Å². The molecular weight excluding hydrogens is 470 g/mol. The maximum Gasteiger partial charge on any atom is 0.0458 e. The smallest absolute Gasteiger partial charge is 0.0458 e. The van der Waals surface area contributed by atoms with Crippen molar-refractivity contribution >= 4 is 11.8 Å². The summed E-state index contributed by atoms with van der Waals surface area (Å²) in [7, 11) is 0. The number of rotatable bonds is 8. The van der Waals surface area contributed by atoms with Gasteiger partial charge in [0.15, 0.2) is 0 Å². The first-order valence-corrected chi connectivity index (χ1v) is 14.2. The molecular formula is C38H39N. The highest BCUT2D eigenvalue weighted by Gasteiger charge is 2.37. The van der Waals surface area contributed by atoms with E-state index in [0.29, 0.717) is 0 Å². The predicted molar refractivity (Wildman–Crippen MR) is 169 cm³/mol. The molecule has 0 N–H and O–H groups in total. The van der Waals surface area contributed by atoms with Crippen LogP contribution in [0.25, 0.3) is 6.08 Å². The van der Waals surface area contributed by atoms with Crippen molar-refractivity contribution in [2.75, 3.05) is 4.90 Å². The van der Waals surface area contributed by atoms with Gasteiger partial charge in [-0.3, -0.25) is 0 Å². The molecule has 3 aliphatic carbocycles. The minimum atomic E-state index is -0.0197. The van der Waals surface area contributed by atoms with Gasteiger partial charge in [-0.15, -0.1) is 0 Å². The number of allylic oxidation sites excluding steroid dienone is 15. The Bertz CT molecular complexity index is 1450. The highest BCUT2D eigenvalue weighted by molar-refractivity contribution is 5.73. The van der Waals surface area contributed by atoms with E-state index in [4.69, 9.17) is 0 Å². The molecule has 1 spiro atoms. The molecule has 0 radical (unpaired) electrons. The first kappa shape index (κ1) is 26.5. The van der Waals surface area contributed by atoms with Crippen molar-refractivity contribution < 1.29 is 0 Å². The Balaban J connectivity index is 1.52. The third-order valence-corrected chi connectivity index (χ3v) is 7.97. The molecule has 1 nitrogen and oxygen atoms in total. The number of hydrogen-bond acceptors (Lipinski definition) is 1. The summed E-state index contributed by atoms with van der Waals surface area (Å²) in [6.45, 7) is 8.39. The Kier molecular flexibility index (Phi) is 8.27. The molecule has 2 aromatic rings. The standard InChI is InChI=1S/C38H39N/c1-4-30(3)21-22-31(5-2)27-32-15-14-19-35(24-23-32)39(34-17-8-6-9-18-34)36-28-33-16-10-11-20-37(33)38(29-36)25-12-7-13-26-38/h5-14,16-25,28H,3-4,15,26-27,29H2,1-2H3/b22-21-,31-5+. The van der Waals surface area contributed by atoms with Crippen molar-refractivity contribution in [3.63, 3.8) is 0 Å². The van der Waals surface area contributed by atoms with Crippen LogP contribution in [0.4, 0.5) is 5.69 Å². The average molecular weight is 510 g/mol. The van der Waals surface area contributed by atoms with Gasteiger partial charge in [-0.1, -0.05) is 122 Å². The van der Waals surface area contributed by atoms with E-state index >= 15 is 0 Å². The summed E-state index contributed by atoms with van der Waals surface area (Å²) in [6.07, 6.45) is 32.2. The largest absolute Gasteiger partial charge is 0.314 e. The third-order valence-electron chi connectivity index (χ3n) is 7.97. The Hall–Kier alpha value is -4.10. The summed E-state index contributed by atoms with van der Waals surface area (Å²) < 4.78 is 0. The number of nitrogens with zero attached hydrogens (tertiary/aromatic N) is 1. The van der Waals surface area contributed by atoms with Crippen LogP contribution < -0.4 is 4.90 Å². The minimum Gasteiger partial charge on any atom is -0.314 e. The van der Waals surface area contributed by atoms with Crippen molar-refractivity contribution in [3.05, 3.63) is 167 Å². The van der Waals surface area contributed by atoms with Gasteiger partial charge in [-0.2, -0.15) is 0 Å². The quantitative estimate of drug-likeness (QED) is 0.320. The van der Waals surface area contributed by atoms with Crippen LogP contribution in [-0.2, 0) is 5.41 Å². The molecule has 5 rings (SSSR count). The lowest BCUT2D eigenvalue weighted by atomic mass is 9.68. The van der Waals surface area contributed by atoms with Gasteiger partial charge < -0.3 is 4.90 Å². The van der Waals surface area contributed by atoms with Gasteiger partial charge in [0.1, 0.15) is 0 Å². The van der Waals surface area contributed by atoms with E-state index in [-0.39, 0.29) is 5.41 Å².